The lowest BCUT2D eigenvalue weighted by Crippen LogP contribution is -2.50. The normalized spacial score (nSPS) is 14.5. The first-order valence-corrected chi connectivity index (χ1v) is 8.34. The topological polar surface area (TPSA) is 88.0 Å². The average Bonchev–Trinajstić information content (AvgIpc) is 3.09. The molecule has 2 aromatic rings. The Hall–Kier alpha value is -2.48. The zero-order valence-electron chi connectivity index (χ0n) is 13.1. The van der Waals surface area contributed by atoms with Crippen LogP contribution in [0.4, 0.5) is 0 Å². The maximum Gasteiger partial charge on any atom is 0.261 e. The number of nitrogens with zero attached hydrogens (tertiary/aromatic N) is 2. The molecule has 3 rings (SSSR count). The molecule has 126 valence electrons. The average molecular weight is 345 g/mol. The van der Waals surface area contributed by atoms with Gasteiger partial charge in [-0.3, -0.25) is 25.0 Å². The van der Waals surface area contributed by atoms with E-state index in [9.17, 15) is 9.59 Å². The predicted octanol–water partition coefficient (Wildman–Crippen LogP) is 0.834. The molecular formula is C16H19N5O2S. The lowest BCUT2D eigenvalue weighted by molar-refractivity contribution is -0.122. The Morgan fingerprint density at radius 3 is 2.79 bits per heavy atom. The van der Waals surface area contributed by atoms with E-state index in [1.807, 2.05) is 6.07 Å². The van der Waals surface area contributed by atoms with Crippen molar-refractivity contribution in [2.75, 3.05) is 0 Å². The molecule has 0 radical (unpaired) electrons. The molecule has 1 aliphatic carbocycles. The van der Waals surface area contributed by atoms with Crippen LogP contribution in [-0.4, -0.2) is 26.6 Å². The molecule has 0 aliphatic heterocycles. The first-order chi connectivity index (χ1) is 11.6. The van der Waals surface area contributed by atoms with Crippen LogP contribution in [0.1, 0.15) is 25.7 Å². The fourth-order valence-corrected chi connectivity index (χ4v) is 3.05. The number of hydrogen-bond donors (Lipinski definition) is 3. The molecule has 0 spiro atoms. The summed E-state index contributed by atoms with van der Waals surface area (Å²) in [5, 5.41) is 4.03. The van der Waals surface area contributed by atoms with Crippen molar-refractivity contribution < 1.29 is 4.79 Å². The Labute approximate surface area is 144 Å². The van der Waals surface area contributed by atoms with Crippen LogP contribution in [-0.2, 0) is 11.3 Å². The second kappa shape index (κ2) is 7.39. The van der Waals surface area contributed by atoms with E-state index >= 15 is 0 Å². The molecule has 1 heterocycles. The number of benzene rings is 1. The van der Waals surface area contributed by atoms with Gasteiger partial charge in [0.05, 0.1) is 17.2 Å². The molecule has 8 heteroatoms. The van der Waals surface area contributed by atoms with E-state index < -0.39 is 0 Å². The molecule has 0 bridgehead atoms. The number of nitrogens with one attached hydrogen (secondary N) is 3. The molecule has 7 nitrogen and oxygen atoms in total. The lowest BCUT2D eigenvalue weighted by Gasteiger charge is -2.16. The van der Waals surface area contributed by atoms with Crippen LogP contribution in [0, 0.1) is 0 Å². The maximum atomic E-state index is 12.3. The zero-order valence-corrected chi connectivity index (χ0v) is 13.9. The van der Waals surface area contributed by atoms with Crippen molar-refractivity contribution in [1.82, 2.24) is 25.7 Å². The number of carbonyl (C=O) groups excluding carboxylic acids is 1. The molecule has 1 fully saturated rings. The van der Waals surface area contributed by atoms with Crippen LogP contribution < -0.4 is 21.7 Å². The Kier molecular flexibility index (Phi) is 5.05. The molecule has 1 aromatic carbocycles. The van der Waals surface area contributed by atoms with Gasteiger partial charge in [0.1, 0.15) is 6.54 Å². The van der Waals surface area contributed by atoms with Gasteiger partial charge in [-0.1, -0.05) is 25.0 Å². The van der Waals surface area contributed by atoms with Gasteiger partial charge in [-0.15, -0.1) is 0 Å². The SMILES string of the molecule is O=C(Cn1cnc2ccccc2c1=O)NNC(=S)NC1CCCC1. The van der Waals surface area contributed by atoms with E-state index in [4.69, 9.17) is 12.2 Å². The third-order valence-electron chi connectivity index (χ3n) is 4.05. The number of hydrazine groups is 1. The van der Waals surface area contributed by atoms with Gasteiger partial charge in [-0.2, -0.15) is 0 Å². The van der Waals surface area contributed by atoms with Crippen molar-refractivity contribution in [1.29, 1.82) is 0 Å². The van der Waals surface area contributed by atoms with Gasteiger partial charge < -0.3 is 5.32 Å². The van der Waals surface area contributed by atoms with E-state index in [1.165, 1.54) is 23.7 Å². The number of hydrogen-bond acceptors (Lipinski definition) is 4. The molecule has 1 amide bonds. The fourth-order valence-electron chi connectivity index (χ4n) is 2.83. The van der Waals surface area contributed by atoms with Gasteiger partial charge in [0.2, 0.25) is 0 Å². The highest BCUT2D eigenvalue weighted by atomic mass is 32.1. The zero-order chi connectivity index (χ0) is 16.9. The summed E-state index contributed by atoms with van der Waals surface area (Å²) in [5.41, 5.74) is 5.53. The van der Waals surface area contributed by atoms with Crippen molar-refractivity contribution in [3.05, 3.63) is 40.9 Å². The summed E-state index contributed by atoms with van der Waals surface area (Å²) < 4.78 is 1.27. The van der Waals surface area contributed by atoms with E-state index in [2.05, 4.69) is 21.2 Å². The van der Waals surface area contributed by atoms with Crippen molar-refractivity contribution in [2.45, 2.75) is 38.3 Å². The second-order valence-electron chi connectivity index (χ2n) is 5.82. The van der Waals surface area contributed by atoms with Gasteiger partial charge in [-0.25, -0.2) is 4.98 Å². The molecule has 1 aliphatic rings. The molecule has 3 N–H and O–H groups in total. The van der Waals surface area contributed by atoms with Crippen LogP contribution in [0.2, 0.25) is 0 Å². The van der Waals surface area contributed by atoms with Crippen LogP contribution in [0.15, 0.2) is 35.4 Å². The summed E-state index contributed by atoms with van der Waals surface area (Å²) in [6.07, 6.45) is 5.95. The first kappa shape index (κ1) is 16.4. The number of thiocarbonyl (C=S) groups is 1. The Bertz CT molecular complexity index is 813. The van der Waals surface area contributed by atoms with E-state index in [-0.39, 0.29) is 18.0 Å². The van der Waals surface area contributed by atoms with Crippen molar-refractivity contribution >= 4 is 34.1 Å². The Morgan fingerprint density at radius 2 is 2.00 bits per heavy atom. The molecule has 0 saturated heterocycles. The Morgan fingerprint density at radius 1 is 1.25 bits per heavy atom. The van der Waals surface area contributed by atoms with Gasteiger partial charge >= 0.3 is 0 Å². The molecule has 0 atom stereocenters. The number of fused-ring (bicyclic) bond motifs is 1. The number of amides is 1. The standard InChI is InChI=1S/C16H19N5O2S/c22-14(19-20-16(24)18-11-5-1-2-6-11)9-21-10-17-13-8-4-3-7-12(13)15(21)23/h3-4,7-8,10-11H,1-2,5-6,9H2,(H,19,22)(H2,18,20,24). The van der Waals surface area contributed by atoms with Gasteiger partial charge in [0.25, 0.3) is 11.5 Å². The smallest absolute Gasteiger partial charge is 0.261 e. The van der Waals surface area contributed by atoms with Crippen LogP contribution in [0.3, 0.4) is 0 Å². The summed E-state index contributed by atoms with van der Waals surface area (Å²) in [6, 6.07) is 7.40. The van der Waals surface area contributed by atoms with Gasteiger partial charge in [0.15, 0.2) is 5.11 Å². The largest absolute Gasteiger partial charge is 0.359 e. The summed E-state index contributed by atoms with van der Waals surface area (Å²) in [4.78, 5) is 28.5. The number of rotatable bonds is 3. The monoisotopic (exact) mass is 345 g/mol. The highest BCUT2D eigenvalue weighted by molar-refractivity contribution is 7.80. The Balaban J connectivity index is 1.56. The van der Waals surface area contributed by atoms with Crippen molar-refractivity contribution in [3.63, 3.8) is 0 Å². The molecule has 24 heavy (non-hydrogen) atoms. The molecular weight excluding hydrogens is 326 g/mol. The van der Waals surface area contributed by atoms with E-state index in [0.717, 1.165) is 12.8 Å². The third kappa shape index (κ3) is 3.88. The minimum absolute atomic E-state index is 0.129. The van der Waals surface area contributed by atoms with Crippen LogP contribution in [0.25, 0.3) is 10.9 Å². The quantitative estimate of drug-likeness (QED) is 0.564. The second-order valence-corrected chi connectivity index (χ2v) is 6.23. The van der Waals surface area contributed by atoms with Crippen LogP contribution in [0.5, 0.6) is 0 Å². The predicted molar refractivity (Wildman–Crippen MR) is 95.3 cm³/mol. The molecule has 1 aromatic heterocycles. The fraction of sp³-hybridized carbons (Fsp3) is 0.375. The third-order valence-corrected chi connectivity index (χ3v) is 4.27. The summed E-state index contributed by atoms with van der Waals surface area (Å²) >= 11 is 5.14. The summed E-state index contributed by atoms with van der Waals surface area (Å²) in [5.74, 6) is -0.371. The number of para-hydroxylation sites is 1. The van der Waals surface area contributed by atoms with E-state index in [0.29, 0.717) is 22.1 Å². The number of aromatic nitrogens is 2. The maximum absolute atomic E-state index is 12.3. The van der Waals surface area contributed by atoms with Crippen LogP contribution >= 0.6 is 12.2 Å². The molecule has 1 saturated carbocycles. The van der Waals surface area contributed by atoms with Crippen molar-refractivity contribution in [2.24, 2.45) is 0 Å². The highest BCUT2D eigenvalue weighted by Crippen LogP contribution is 2.17. The summed E-state index contributed by atoms with van der Waals surface area (Å²) in [7, 11) is 0. The summed E-state index contributed by atoms with van der Waals surface area (Å²) in [6.45, 7) is -0.129. The van der Waals surface area contributed by atoms with E-state index in [1.54, 1.807) is 18.2 Å². The van der Waals surface area contributed by atoms with Gasteiger partial charge in [-0.05, 0) is 37.2 Å². The van der Waals surface area contributed by atoms with Gasteiger partial charge in [0, 0.05) is 6.04 Å². The first-order valence-electron chi connectivity index (χ1n) is 7.93. The molecule has 0 unspecified atom stereocenters. The number of carbonyl (C=O) groups is 1. The minimum atomic E-state index is -0.371. The lowest BCUT2D eigenvalue weighted by atomic mass is 10.2. The highest BCUT2D eigenvalue weighted by Gasteiger charge is 2.15. The van der Waals surface area contributed by atoms with Crippen molar-refractivity contribution in [3.8, 4) is 0 Å². The minimum Gasteiger partial charge on any atom is -0.359 e.